The molecule has 0 aliphatic heterocycles. The summed E-state index contributed by atoms with van der Waals surface area (Å²) in [6.07, 6.45) is 3.34. The van der Waals surface area contributed by atoms with E-state index < -0.39 is 0 Å². The van der Waals surface area contributed by atoms with Crippen molar-refractivity contribution in [3.8, 4) is 0 Å². The Kier molecular flexibility index (Phi) is 3.51. The van der Waals surface area contributed by atoms with Gasteiger partial charge in [-0.1, -0.05) is 17.7 Å². The van der Waals surface area contributed by atoms with Gasteiger partial charge in [0.15, 0.2) is 17.5 Å². The average Bonchev–Trinajstić information content (AvgIpc) is 2.87. The number of rotatable bonds is 4. The zero-order valence-corrected chi connectivity index (χ0v) is 11.9. The third kappa shape index (κ3) is 3.36. The van der Waals surface area contributed by atoms with Gasteiger partial charge in [-0.05, 0) is 26.0 Å². The lowest BCUT2D eigenvalue weighted by Gasteiger charge is -2.07. The highest BCUT2D eigenvalue weighted by molar-refractivity contribution is 5.59. The SMILES string of the molecule is Cc1ccc(Nc2cncc(Nc3cc(C)[nH]n3)n2)cc1. The van der Waals surface area contributed by atoms with E-state index in [0.717, 1.165) is 11.4 Å². The minimum atomic E-state index is 0.638. The van der Waals surface area contributed by atoms with Gasteiger partial charge < -0.3 is 10.6 Å². The topological polar surface area (TPSA) is 78.5 Å². The molecule has 3 rings (SSSR count). The first-order valence-electron chi connectivity index (χ1n) is 6.64. The molecule has 106 valence electrons. The molecule has 6 heteroatoms. The van der Waals surface area contributed by atoms with Crippen molar-refractivity contribution in [2.24, 2.45) is 0 Å². The molecule has 0 saturated heterocycles. The normalized spacial score (nSPS) is 10.4. The monoisotopic (exact) mass is 280 g/mol. The van der Waals surface area contributed by atoms with Gasteiger partial charge in [-0.25, -0.2) is 4.98 Å². The van der Waals surface area contributed by atoms with E-state index in [2.05, 4.69) is 37.7 Å². The van der Waals surface area contributed by atoms with Gasteiger partial charge in [0.25, 0.3) is 0 Å². The Morgan fingerprint density at radius 3 is 2.29 bits per heavy atom. The van der Waals surface area contributed by atoms with Gasteiger partial charge in [0.05, 0.1) is 12.4 Å². The molecular weight excluding hydrogens is 264 g/mol. The Morgan fingerprint density at radius 2 is 1.62 bits per heavy atom. The molecule has 2 aromatic heterocycles. The second kappa shape index (κ2) is 5.62. The molecule has 3 N–H and O–H groups in total. The van der Waals surface area contributed by atoms with Crippen LogP contribution in [-0.2, 0) is 0 Å². The number of nitrogens with zero attached hydrogens (tertiary/aromatic N) is 3. The molecule has 1 aromatic carbocycles. The maximum absolute atomic E-state index is 4.46. The standard InChI is InChI=1S/C15H16N6/c1-10-3-5-12(6-4-10)17-14-8-16-9-15(19-14)18-13-7-11(2)20-21-13/h3-9H,1-2H3,(H3,17,18,19,20,21). The molecule has 3 aromatic rings. The number of aryl methyl sites for hydroxylation is 2. The molecule has 2 heterocycles. The molecular formula is C15H16N6. The number of aromatic amines is 1. The van der Waals surface area contributed by atoms with Gasteiger partial charge in [0.1, 0.15) is 0 Å². The first-order chi connectivity index (χ1) is 10.2. The van der Waals surface area contributed by atoms with Crippen LogP contribution in [0.15, 0.2) is 42.7 Å². The Labute approximate surface area is 122 Å². The maximum atomic E-state index is 4.46. The van der Waals surface area contributed by atoms with E-state index in [1.807, 2.05) is 37.3 Å². The van der Waals surface area contributed by atoms with E-state index in [1.165, 1.54) is 5.56 Å². The highest BCUT2D eigenvalue weighted by Gasteiger charge is 2.02. The number of aromatic nitrogens is 4. The lowest BCUT2D eigenvalue weighted by Crippen LogP contribution is -1.99. The lowest BCUT2D eigenvalue weighted by molar-refractivity contribution is 1.05. The van der Waals surface area contributed by atoms with Crippen LogP contribution in [0.25, 0.3) is 0 Å². The zero-order valence-electron chi connectivity index (χ0n) is 11.9. The Bertz CT molecular complexity index is 732. The van der Waals surface area contributed by atoms with Gasteiger partial charge in [0.2, 0.25) is 0 Å². The van der Waals surface area contributed by atoms with Crippen molar-refractivity contribution >= 4 is 23.1 Å². The number of benzene rings is 1. The summed E-state index contributed by atoms with van der Waals surface area (Å²) >= 11 is 0. The first kappa shape index (κ1) is 13.1. The minimum absolute atomic E-state index is 0.638. The summed E-state index contributed by atoms with van der Waals surface area (Å²) in [4.78, 5) is 8.63. The molecule has 0 bridgehead atoms. The quantitative estimate of drug-likeness (QED) is 0.683. The van der Waals surface area contributed by atoms with E-state index in [-0.39, 0.29) is 0 Å². The molecule has 0 amide bonds. The van der Waals surface area contributed by atoms with Crippen LogP contribution < -0.4 is 10.6 Å². The van der Waals surface area contributed by atoms with Crippen molar-refractivity contribution in [2.75, 3.05) is 10.6 Å². The van der Waals surface area contributed by atoms with Crippen molar-refractivity contribution in [3.63, 3.8) is 0 Å². The predicted octanol–water partition coefficient (Wildman–Crippen LogP) is 3.30. The van der Waals surface area contributed by atoms with Crippen LogP contribution in [0.5, 0.6) is 0 Å². The van der Waals surface area contributed by atoms with Crippen LogP contribution in [0.4, 0.5) is 23.1 Å². The molecule has 0 saturated carbocycles. The first-order valence-corrected chi connectivity index (χ1v) is 6.64. The largest absolute Gasteiger partial charge is 0.339 e. The zero-order chi connectivity index (χ0) is 14.7. The molecule has 0 unspecified atom stereocenters. The van der Waals surface area contributed by atoms with Gasteiger partial charge in [-0.2, -0.15) is 5.10 Å². The number of H-pyrrole nitrogens is 1. The summed E-state index contributed by atoms with van der Waals surface area (Å²) in [6.45, 7) is 4.00. The molecule has 0 spiro atoms. The van der Waals surface area contributed by atoms with Crippen molar-refractivity contribution in [2.45, 2.75) is 13.8 Å². The van der Waals surface area contributed by atoms with Crippen LogP contribution >= 0.6 is 0 Å². The van der Waals surface area contributed by atoms with Crippen LogP contribution in [0, 0.1) is 13.8 Å². The van der Waals surface area contributed by atoms with E-state index >= 15 is 0 Å². The van der Waals surface area contributed by atoms with Gasteiger partial charge in [0, 0.05) is 17.4 Å². The summed E-state index contributed by atoms with van der Waals surface area (Å²) in [7, 11) is 0. The van der Waals surface area contributed by atoms with Crippen LogP contribution in [0.2, 0.25) is 0 Å². The predicted molar refractivity (Wildman–Crippen MR) is 83.1 cm³/mol. The smallest absolute Gasteiger partial charge is 0.153 e. The minimum Gasteiger partial charge on any atom is -0.339 e. The van der Waals surface area contributed by atoms with Gasteiger partial charge in [-0.3, -0.25) is 10.1 Å². The van der Waals surface area contributed by atoms with Crippen molar-refractivity contribution in [1.82, 2.24) is 20.2 Å². The fourth-order valence-electron chi connectivity index (χ4n) is 1.88. The summed E-state index contributed by atoms with van der Waals surface area (Å²) in [5.41, 5.74) is 3.18. The van der Waals surface area contributed by atoms with E-state index in [4.69, 9.17) is 0 Å². The van der Waals surface area contributed by atoms with Crippen LogP contribution in [0.1, 0.15) is 11.3 Å². The van der Waals surface area contributed by atoms with Crippen molar-refractivity contribution < 1.29 is 0 Å². The van der Waals surface area contributed by atoms with Gasteiger partial charge in [-0.15, -0.1) is 0 Å². The third-order valence-electron chi connectivity index (χ3n) is 2.92. The molecule has 6 nitrogen and oxygen atoms in total. The molecule has 21 heavy (non-hydrogen) atoms. The summed E-state index contributed by atoms with van der Waals surface area (Å²) in [5, 5.41) is 13.3. The molecule has 0 aliphatic carbocycles. The van der Waals surface area contributed by atoms with Gasteiger partial charge >= 0.3 is 0 Å². The maximum Gasteiger partial charge on any atom is 0.153 e. The number of hydrogen-bond donors (Lipinski definition) is 3. The van der Waals surface area contributed by atoms with Crippen molar-refractivity contribution in [1.29, 1.82) is 0 Å². The molecule has 0 aliphatic rings. The van der Waals surface area contributed by atoms with Crippen LogP contribution in [0.3, 0.4) is 0 Å². The second-order valence-electron chi connectivity index (χ2n) is 4.84. The molecule has 0 atom stereocenters. The Hall–Kier alpha value is -2.89. The number of anilines is 4. The second-order valence-corrected chi connectivity index (χ2v) is 4.84. The summed E-state index contributed by atoms with van der Waals surface area (Å²) < 4.78 is 0. The third-order valence-corrected chi connectivity index (χ3v) is 2.92. The highest BCUT2D eigenvalue weighted by atomic mass is 15.2. The Morgan fingerprint density at radius 1 is 0.905 bits per heavy atom. The van der Waals surface area contributed by atoms with Crippen molar-refractivity contribution in [3.05, 3.63) is 54.0 Å². The van der Waals surface area contributed by atoms with E-state index in [1.54, 1.807) is 12.4 Å². The fraction of sp³-hybridized carbons (Fsp3) is 0.133. The molecule has 0 fully saturated rings. The van der Waals surface area contributed by atoms with Crippen LogP contribution in [-0.4, -0.2) is 20.2 Å². The lowest BCUT2D eigenvalue weighted by atomic mass is 10.2. The van der Waals surface area contributed by atoms with E-state index in [9.17, 15) is 0 Å². The molecule has 0 radical (unpaired) electrons. The van der Waals surface area contributed by atoms with E-state index in [0.29, 0.717) is 17.5 Å². The Balaban J connectivity index is 1.75. The fourth-order valence-corrected chi connectivity index (χ4v) is 1.88. The highest BCUT2D eigenvalue weighted by Crippen LogP contribution is 2.17. The number of hydrogen-bond acceptors (Lipinski definition) is 5. The summed E-state index contributed by atoms with van der Waals surface area (Å²) in [5.74, 6) is 2.03. The summed E-state index contributed by atoms with van der Waals surface area (Å²) in [6, 6.07) is 10.0. The average molecular weight is 280 g/mol. The number of nitrogens with one attached hydrogen (secondary N) is 3.